The van der Waals surface area contributed by atoms with Gasteiger partial charge in [-0.15, -0.1) is 10.2 Å². The van der Waals surface area contributed by atoms with Crippen molar-refractivity contribution >= 4 is 21.8 Å². The van der Waals surface area contributed by atoms with Crippen molar-refractivity contribution in [2.75, 3.05) is 4.90 Å². The lowest BCUT2D eigenvalue weighted by atomic mass is 9.91. The molecule has 3 heterocycles. The number of hydrogen-bond acceptors (Lipinski definition) is 6. The van der Waals surface area contributed by atoms with Crippen LogP contribution in [0.15, 0.2) is 54.2 Å². The maximum Gasteiger partial charge on any atom is 0.241 e. The van der Waals surface area contributed by atoms with E-state index in [1.165, 1.54) is 0 Å². The highest BCUT2D eigenvalue weighted by atomic mass is 32.2. The molecule has 0 saturated heterocycles. The van der Waals surface area contributed by atoms with Gasteiger partial charge in [-0.2, -0.15) is 5.10 Å². The number of nitrogens with zero attached hydrogens (tertiary/aromatic N) is 6. The molecule has 0 radical (unpaired) electrons. The summed E-state index contributed by atoms with van der Waals surface area (Å²) in [6.45, 7) is 2.58. The van der Waals surface area contributed by atoms with Gasteiger partial charge in [0, 0.05) is 30.2 Å². The first-order chi connectivity index (χ1) is 15.5. The van der Waals surface area contributed by atoms with Crippen LogP contribution >= 0.6 is 0 Å². The van der Waals surface area contributed by atoms with Gasteiger partial charge in [0.25, 0.3) is 0 Å². The van der Waals surface area contributed by atoms with Crippen LogP contribution in [0.25, 0.3) is 6.08 Å². The van der Waals surface area contributed by atoms with E-state index in [9.17, 15) is 8.42 Å². The van der Waals surface area contributed by atoms with Crippen molar-refractivity contribution in [1.29, 1.82) is 0 Å². The van der Waals surface area contributed by atoms with E-state index in [2.05, 4.69) is 24.9 Å². The van der Waals surface area contributed by atoms with E-state index in [1.54, 1.807) is 24.9 Å². The summed E-state index contributed by atoms with van der Waals surface area (Å²) >= 11 is 0. The third-order valence-corrected chi connectivity index (χ3v) is 7.95. The molecule has 5 rings (SSSR count). The van der Waals surface area contributed by atoms with Crippen molar-refractivity contribution in [2.45, 2.75) is 62.7 Å². The molecule has 2 aliphatic rings. The molecule has 1 saturated carbocycles. The molecule has 2 aromatic heterocycles. The number of anilines is 1. The Morgan fingerprint density at radius 2 is 2.00 bits per heavy atom. The van der Waals surface area contributed by atoms with E-state index >= 15 is 0 Å². The zero-order valence-electron chi connectivity index (χ0n) is 18.0. The molecule has 1 aliphatic heterocycles. The first kappa shape index (κ1) is 20.9. The Morgan fingerprint density at radius 1 is 1.16 bits per heavy atom. The lowest BCUT2D eigenvalue weighted by molar-refractivity contribution is 0.305. The second kappa shape index (κ2) is 8.51. The lowest BCUT2D eigenvalue weighted by Gasteiger charge is -2.30. The van der Waals surface area contributed by atoms with Gasteiger partial charge in [0.1, 0.15) is 19.3 Å². The van der Waals surface area contributed by atoms with Crippen LogP contribution < -0.4 is 9.62 Å². The average Bonchev–Trinajstić information content (AvgIpc) is 3.50. The number of benzene rings is 1. The predicted molar refractivity (Wildman–Crippen MR) is 121 cm³/mol. The molecule has 0 spiro atoms. The average molecular weight is 454 g/mol. The smallest absolute Gasteiger partial charge is 0.241 e. The first-order valence-electron chi connectivity index (χ1n) is 11.0. The van der Waals surface area contributed by atoms with Crippen LogP contribution in [0.5, 0.6) is 0 Å². The minimum absolute atomic E-state index is 0.103. The first-order valence-corrected chi connectivity index (χ1v) is 12.5. The molecule has 9 nitrogen and oxygen atoms in total. The Bertz CT molecular complexity index is 1220. The minimum atomic E-state index is -3.63. The third kappa shape index (κ3) is 4.07. The van der Waals surface area contributed by atoms with E-state index in [0.717, 1.165) is 42.6 Å². The largest absolute Gasteiger partial charge is 0.328 e. The van der Waals surface area contributed by atoms with Crippen molar-refractivity contribution in [3.63, 3.8) is 0 Å². The molecule has 1 aliphatic carbocycles. The van der Waals surface area contributed by atoms with Crippen molar-refractivity contribution in [2.24, 2.45) is 0 Å². The molecule has 10 heteroatoms. The Balaban J connectivity index is 1.34. The highest BCUT2D eigenvalue weighted by Crippen LogP contribution is 2.30. The highest BCUT2D eigenvalue weighted by Gasteiger charge is 2.28. The number of aromatic nitrogens is 5. The summed E-state index contributed by atoms with van der Waals surface area (Å²) in [5, 5.41) is 12.1. The van der Waals surface area contributed by atoms with E-state index in [-0.39, 0.29) is 12.1 Å². The summed E-state index contributed by atoms with van der Waals surface area (Å²) in [5.41, 5.74) is 2.81. The van der Waals surface area contributed by atoms with Gasteiger partial charge in [0.05, 0.1) is 10.6 Å². The van der Waals surface area contributed by atoms with E-state index in [1.807, 2.05) is 46.6 Å². The van der Waals surface area contributed by atoms with Gasteiger partial charge in [-0.05, 0) is 68.0 Å². The van der Waals surface area contributed by atoms with Crippen LogP contribution in [0, 0.1) is 0 Å². The number of fused-ring (bicyclic) bond motifs is 1. The fourth-order valence-corrected chi connectivity index (χ4v) is 6.21. The van der Waals surface area contributed by atoms with E-state index < -0.39 is 10.0 Å². The van der Waals surface area contributed by atoms with Crippen LogP contribution in [0.3, 0.4) is 0 Å². The molecule has 1 fully saturated rings. The number of sulfonamides is 1. The Kier molecular flexibility index (Phi) is 5.56. The van der Waals surface area contributed by atoms with Gasteiger partial charge in [0.15, 0.2) is 0 Å². The predicted octanol–water partition coefficient (Wildman–Crippen LogP) is 2.95. The van der Waals surface area contributed by atoms with Crippen molar-refractivity contribution in [3.05, 3.63) is 60.6 Å². The fourth-order valence-electron chi connectivity index (χ4n) is 4.63. The summed E-state index contributed by atoms with van der Waals surface area (Å²) in [6.07, 6.45) is 13.4. The van der Waals surface area contributed by atoms with Crippen molar-refractivity contribution in [3.8, 4) is 0 Å². The zero-order valence-corrected chi connectivity index (χ0v) is 18.8. The number of hydrogen-bond donors (Lipinski definition) is 1. The second-order valence-electron chi connectivity index (χ2n) is 8.38. The molecular formula is C22H27N7O2S. The Morgan fingerprint density at radius 3 is 2.81 bits per heavy atom. The zero-order chi connectivity index (χ0) is 22.1. The maximum absolute atomic E-state index is 13.3. The number of rotatable bonds is 6. The van der Waals surface area contributed by atoms with Gasteiger partial charge < -0.3 is 9.47 Å². The van der Waals surface area contributed by atoms with Gasteiger partial charge in [-0.3, -0.25) is 0 Å². The van der Waals surface area contributed by atoms with E-state index in [0.29, 0.717) is 18.0 Å². The summed E-state index contributed by atoms with van der Waals surface area (Å²) < 4.78 is 33.5. The van der Waals surface area contributed by atoms with Crippen LogP contribution in [-0.4, -0.2) is 39.0 Å². The Hall–Kier alpha value is -2.98. The monoisotopic (exact) mass is 453 g/mol. The SMILES string of the molecule is CCc1cc(N2C=Cc3ccnn3C2)ccc1S(=O)(=O)N[C@H]1CCC[C@@H](n2cnnc2)C1. The topological polar surface area (TPSA) is 97.9 Å². The lowest BCUT2D eigenvalue weighted by Crippen LogP contribution is -2.39. The minimum Gasteiger partial charge on any atom is -0.328 e. The second-order valence-corrected chi connectivity index (χ2v) is 10.1. The Labute approximate surface area is 187 Å². The van der Waals surface area contributed by atoms with Gasteiger partial charge in [0.2, 0.25) is 10.0 Å². The summed E-state index contributed by atoms with van der Waals surface area (Å²) in [7, 11) is -3.63. The van der Waals surface area contributed by atoms with Crippen LogP contribution in [0.2, 0.25) is 0 Å². The molecule has 0 amide bonds. The molecule has 0 bridgehead atoms. The van der Waals surface area contributed by atoms with Gasteiger partial charge in [-0.25, -0.2) is 17.8 Å². The molecule has 0 unspecified atom stereocenters. The number of aryl methyl sites for hydroxylation is 1. The molecule has 2 atom stereocenters. The third-order valence-electron chi connectivity index (χ3n) is 6.33. The summed E-state index contributed by atoms with van der Waals surface area (Å²) in [6, 6.07) is 7.64. The van der Waals surface area contributed by atoms with Gasteiger partial charge in [-0.1, -0.05) is 6.92 Å². The summed E-state index contributed by atoms with van der Waals surface area (Å²) in [5.74, 6) is 0. The molecule has 1 N–H and O–H groups in total. The quantitative estimate of drug-likeness (QED) is 0.616. The number of nitrogens with one attached hydrogen (secondary N) is 1. The van der Waals surface area contributed by atoms with Gasteiger partial charge >= 0.3 is 0 Å². The molecular weight excluding hydrogens is 426 g/mol. The maximum atomic E-state index is 13.3. The van der Waals surface area contributed by atoms with Crippen molar-refractivity contribution in [1.82, 2.24) is 29.3 Å². The molecule has 1 aromatic carbocycles. The highest BCUT2D eigenvalue weighted by molar-refractivity contribution is 7.89. The fraction of sp³-hybridized carbons (Fsp3) is 0.409. The van der Waals surface area contributed by atoms with Crippen LogP contribution in [0.4, 0.5) is 5.69 Å². The van der Waals surface area contributed by atoms with Crippen LogP contribution in [-0.2, 0) is 23.1 Å². The molecule has 32 heavy (non-hydrogen) atoms. The van der Waals surface area contributed by atoms with Crippen molar-refractivity contribution < 1.29 is 8.42 Å². The summed E-state index contributed by atoms with van der Waals surface area (Å²) in [4.78, 5) is 2.42. The standard InChI is InChI=1S/C22H27N7O2S/c1-2-17-12-21(27-11-9-19-8-10-25-29(19)16-27)6-7-22(17)32(30,31)26-18-4-3-5-20(13-18)28-14-23-24-15-28/h6-12,14-15,18,20,26H,2-5,13,16H2,1H3/t18-,20+/m0/s1. The normalized spacial score (nSPS) is 21.0. The van der Waals surface area contributed by atoms with E-state index in [4.69, 9.17) is 0 Å². The molecule has 168 valence electrons. The molecule has 3 aromatic rings. The van der Waals surface area contributed by atoms with Crippen LogP contribution in [0.1, 0.15) is 49.9 Å².